The Balaban J connectivity index is 1.12. The number of ketones is 4. The van der Waals surface area contributed by atoms with E-state index in [-0.39, 0.29) is 125 Å². The van der Waals surface area contributed by atoms with Gasteiger partial charge in [0.2, 0.25) is 0 Å². The minimum absolute atomic E-state index is 0.0689. The van der Waals surface area contributed by atoms with Gasteiger partial charge in [0.05, 0.1) is 24.2 Å². The number of halogens is 6. The number of unbranched alkanes of at least 4 members (excludes halogenated alkanes) is 4. The number of ether oxygens (including phenoxy) is 6. The van der Waals surface area contributed by atoms with Crippen LogP contribution in [0.4, 0.5) is 35.9 Å². The van der Waals surface area contributed by atoms with Gasteiger partial charge in [-0.2, -0.15) is 26.3 Å². The van der Waals surface area contributed by atoms with Crippen molar-refractivity contribution in [2.75, 3.05) is 26.2 Å². The van der Waals surface area contributed by atoms with Crippen LogP contribution >= 0.6 is 0 Å². The van der Waals surface area contributed by atoms with E-state index in [1.54, 1.807) is 41.5 Å². The van der Waals surface area contributed by atoms with Gasteiger partial charge in [-0.25, -0.2) is 19.6 Å². The maximum atomic E-state index is 14.9. The average Bonchev–Trinajstić information content (AvgIpc) is 1.11. The number of hydrogen-bond donors (Lipinski definition) is 0. The molecule has 1 aromatic heterocycles. The van der Waals surface area contributed by atoms with E-state index in [9.17, 15) is 64.7 Å². The summed E-state index contributed by atoms with van der Waals surface area (Å²) in [6, 6.07) is 22.0. The van der Waals surface area contributed by atoms with Crippen LogP contribution in [0.2, 0.25) is 0 Å². The van der Waals surface area contributed by atoms with Gasteiger partial charge in [0, 0.05) is 99.6 Å². The normalized spacial score (nSPS) is 15.1. The molecule has 4 aromatic carbocycles. The van der Waals surface area contributed by atoms with Crippen molar-refractivity contribution < 1.29 is 93.1 Å². The zero-order valence-electron chi connectivity index (χ0n) is 53.7. The lowest BCUT2D eigenvalue weighted by Gasteiger charge is -2.25. The van der Waals surface area contributed by atoms with Gasteiger partial charge < -0.3 is 38.2 Å². The summed E-state index contributed by atoms with van der Waals surface area (Å²) >= 11 is 0. The Hall–Kier alpha value is -8.70. The molecule has 2 saturated heterocycles. The van der Waals surface area contributed by atoms with Gasteiger partial charge >= 0.3 is 36.5 Å². The largest absolute Gasteiger partial charge is 0.488 e. The second kappa shape index (κ2) is 32.9. The second-order valence-electron chi connectivity index (χ2n) is 25.5. The van der Waals surface area contributed by atoms with Crippen LogP contribution in [0.15, 0.2) is 97.3 Å². The SMILES string of the molecule is CC(C)(C)OC(=O)N1CC[C@@H](Oc2c(CC(=O)CCCCCC(=O)OCc3ccccc3)cc(C(F)(F)F)cc2CC(=O)c2cc(C(=O)Cc3cc(C(F)(F)F)cc(CC(=O)CCCCCC(=O)OCc4ccccc4)c3O[C@@H]3CCN(C(=O)OC(C)(C)C)C3)ncn2)C1. The molecule has 2 atom stereocenters. The molecular weight excluding hydrogens is 1230 g/mol. The number of esters is 2. The molecule has 0 N–H and O–H groups in total. The Kier molecular flexibility index (Phi) is 25.5. The summed E-state index contributed by atoms with van der Waals surface area (Å²) in [6.07, 6.45) is -12.6. The average molecular weight is 1320 g/mol. The first-order chi connectivity index (χ1) is 44.3. The molecule has 0 unspecified atom stereocenters. The third kappa shape index (κ3) is 23.4. The molecule has 2 fully saturated rings. The highest BCUT2D eigenvalue weighted by molar-refractivity contribution is 6.01. The molecule has 5 aromatic rings. The van der Waals surface area contributed by atoms with Crippen LogP contribution in [0.25, 0.3) is 0 Å². The molecular formula is C70H80F6N4O14. The smallest absolute Gasteiger partial charge is 0.416 e. The maximum Gasteiger partial charge on any atom is 0.416 e. The van der Waals surface area contributed by atoms with Crippen LogP contribution in [0.3, 0.4) is 0 Å². The summed E-state index contributed by atoms with van der Waals surface area (Å²) in [5.41, 5.74) is -4.55. The van der Waals surface area contributed by atoms with Crippen molar-refractivity contribution in [1.29, 1.82) is 0 Å². The van der Waals surface area contributed by atoms with Crippen molar-refractivity contribution in [1.82, 2.24) is 19.8 Å². The maximum absolute atomic E-state index is 14.9. The monoisotopic (exact) mass is 1310 g/mol. The number of nitrogens with zero attached hydrogens (tertiary/aromatic N) is 4. The van der Waals surface area contributed by atoms with Gasteiger partial charge in [0.25, 0.3) is 0 Å². The Labute approximate surface area is 542 Å². The molecule has 2 aliphatic heterocycles. The molecule has 0 radical (unpaired) electrons. The molecule has 0 bridgehead atoms. The number of Topliss-reactive ketones (excluding diaryl/α,β-unsaturated/α-hetero) is 4. The third-order valence-electron chi connectivity index (χ3n) is 15.2. The van der Waals surface area contributed by atoms with E-state index in [1.807, 2.05) is 60.7 Å². The van der Waals surface area contributed by atoms with Crippen molar-refractivity contribution in [3.8, 4) is 11.5 Å². The number of benzene rings is 4. The Morgan fingerprint density at radius 3 is 1.17 bits per heavy atom. The van der Waals surface area contributed by atoms with Crippen molar-refractivity contribution in [3.05, 3.63) is 153 Å². The first-order valence-corrected chi connectivity index (χ1v) is 31.4. The fourth-order valence-corrected chi connectivity index (χ4v) is 10.6. The molecule has 506 valence electrons. The summed E-state index contributed by atoms with van der Waals surface area (Å²) in [5.74, 6) is -4.19. The number of aromatic nitrogens is 2. The van der Waals surface area contributed by atoms with E-state index >= 15 is 0 Å². The predicted molar refractivity (Wildman–Crippen MR) is 331 cm³/mol. The Morgan fingerprint density at radius 1 is 0.468 bits per heavy atom. The van der Waals surface area contributed by atoms with Gasteiger partial charge in [-0.05, 0) is 109 Å². The van der Waals surface area contributed by atoms with Crippen molar-refractivity contribution in [2.24, 2.45) is 0 Å². The number of likely N-dealkylation sites (tertiary alicyclic amines) is 2. The van der Waals surface area contributed by atoms with Crippen LogP contribution in [0.1, 0.15) is 184 Å². The molecule has 94 heavy (non-hydrogen) atoms. The predicted octanol–water partition coefficient (Wildman–Crippen LogP) is 13.8. The summed E-state index contributed by atoms with van der Waals surface area (Å²) < 4.78 is 124. The van der Waals surface area contributed by atoms with Crippen molar-refractivity contribution >= 4 is 47.3 Å². The van der Waals surface area contributed by atoms with Crippen molar-refractivity contribution in [2.45, 2.75) is 193 Å². The molecule has 2 aliphatic rings. The minimum Gasteiger partial charge on any atom is -0.488 e. The standard InChI is InChI=1S/C70H80F6N4O14/c1-67(2,3)93-65(87)79-29-27-55(40-79)91-63-47(35-53(81)23-15-9-17-25-61(85)89-42-45-19-11-7-12-20-45)31-51(69(71,72)73)33-49(63)37-59(83)57-39-58(78-44-77-57)60(84)38-50-34-52(70(74,75)76)32-48(64(50)92-56-28-30-80(41-56)66(88)94-68(4,5)6)36-54(82)24-16-10-18-26-62(86)90-43-46-21-13-8-14-22-46/h7-8,11-14,19-22,31-34,39,44,55-56H,9-10,15-18,23-30,35-38,40-43H2,1-6H3/t55-,56-/m1/s1. The van der Waals surface area contributed by atoms with Crippen LogP contribution in [-0.2, 0) is 89.4 Å². The highest BCUT2D eigenvalue weighted by Gasteiger charge is 2.38. The third-order valence-corrected chi connectivity index (χ3v) is 15.2. The zero-order valence-corrected chi connectivity index (χ0v) is 53.7. The van der Waals surface area contributed by atoms with Gasteiger partial charge in [-0.3, -0.25) is 28.8 Å². The Morgan fingerprint density at radius 2 is 0.819 bits per heavy atom. The molecule has 3 heterocycles. The first-order valence-electron chi connectivity index (χ1n) is 31.4. The lowest BCUT2D eigenvalue weighted by atomic mass is 9.94. The highest BCUT2D eigenvalue weighted by atomic mass is 19.4. The fraction of sp³-hybridized carbons (Fsp3) is 0.486. The van der Waals surface area contributed by atoms with E-state index in [0.717, 1.165) is 35.7 Å². The lowest BCUT2D eigenvalue weighted by Crippen LogP contribution is -2.36. The van der Waals surface area contributed by atoms with Gasteiger partial charge in [0.15, 0.2) is 11.6 Å². The van der Waals surface area contributed by atoms with E-state index in [4.69, 9.17) is 28.4 Å². The number of carbonyl (C=O) groups excluding carboxylic acids is 8. The van der Waals surface area contributed by atoms with E-state index in [2.05, 4.69) is 9.97 Å². The zero-order chi connectivity index (χ0) is 68.4. The molecule has 2 amide bonds. The fourth-order valence-electron chi connectivity index (χ4n) is 10.6. The number of rotatable bonds is 30. The minimum atomic E-state index is -5.01. The first kappa shape index (κ1) is 72.7. The van der Waals surface area contributed by atoms with E-state index in [0.29, 0.717) is 37.8 Å². The molecule has 24 heteroatoms. The van der Waals surface area contributed by atoms with Gasteiger partial charge in [-0.1, -0.05) is 73.5 Å². The van der Waals surface area contributed by atoms with Crippen LogP contribution in [0.5, 0.6) is 11.5 Å². The molecule has 18 nitrogen and oxygen atoms in total. The summed E-state index contributed by atoms with van der Waals surface area (Å²) in [6.45, 7) is 10.4. The number of carbonyl (C=O) groups is 8. The summed E-state index contributed by atoms with van der Waals surface area (Å²) in [4.78, 5) is 118. The van der Waals surface area contributed by atoms with Gasteiger partial charge in [0.1, 0.15) is 77.4 Å². The quantitative estimate of drug-likeness (QED) is 0.0137. The molecule has 7 rings (SSSR count). The van der Waals surface area contributed by atoms with Crippen molar-refractivity contribution in [3.63, 3.8) is 0 Å². The van der Waals surface area contributed by atoms with Crippen LogP contribution in [0, 0.1) is 0 Å². The summed E-state index contributed by atoms with van der Waals surface area (Å²) in [7, 11) is 0. The molecule has 0 spiro atoms. The van der Waals surface area contributed by atoms with Crippen LogP contribution < -0.4 is 9.47 Å². The van der Waals surface area contributed by atoms with Crippen LogP contribution in [-0.4, -0.2) is 117 Å². The number of hydrogen-bond acceptors (Lipinski definition) is 16. The summed E-state index contributed by atoms with van der Waals surface area (Å²) in [5, 5.41) is 0. The lowest BCUT2D eigenvalue weighted by molar-refractivity contribution is -0.146. The Bertz CT molecular complexity index is 3250. The number of amides is 2. The molecule has 0 saturated carbocycles. The molecule has 0 aliphatic carbocycles. The second-order valence-corrected chi connectivity index (χ2v) is 25.5. The topological polar surface area (TPSA) is 224 Å². The van der Waals surface area contributed by atoms with E-state index < -0.39 is 131 Å². The highest BCUT2D eigenvalue weighted by Crippen LogP contribution is 2.40. The van der Waals surface area contributed by atoms with Gasteiger partial charge in [-0.15, -0.1) is 0 Å². The van der Waals surface area contributed by atoms with E-state index in [1.165, 1.54) is 9.80 Å². The number of alkyl halides is 6.